The van der Waals surface area contributed by atoms with E-state index in [-0.39, 0.29) is 0 Å². The molecule has 1 N–H and O–H groups in total. The average molecular weight is 337 g/mol. The number of hydrogen-bond donors (Lipinski definition) is 1. The van der Waals surface area contributed by atoms with E-state index >= 15 is 0 Å². The molecule has 4 nitrogen and oxygen atoms in total. The number of benzene rings is 1. The van der Waals surface area contributed by atoms with Crippen LogP contribution in [0.15, 0.2) is 23.1 Å². The van der Waals surface area contributed by atoms with Crippen LogP contribution in [0, 0.1) is 0 Å². The fourth-order valence-electron chi connectivity index (χ4n) is 3.65. The van der Waals surface area contributed by atoms with Gasteiger partial charge in [0, 0.05) is 6.54 Å². The van der Waals surface area contributed by atoms with Crippen molar-refractivity contribution < 1.29 is 8.42 Å². The molecule has 0 aromatic heterocycles. The molecular formula is C18H28N2O2S. The highest BCUT2D eigenvalue weighted by Crippen LogP contribution is 2.24. The third kappa shape index (κ3) is 4.55. The van der Waals surface area contributed by atoms with E-state index in [1.165, 1.54) is 43.2 Å². The minimum atomic E-state index is -3.37. The molecule has 5 heteroatoms. The van der Waals surface area contributed by atoms with Crippen molar-refractivity contribution in [1.82, 2.24) is 9.62 Å². The Labute approximate surface area is 140 Å². The predicted molar refractivity (Wildman–Crippen MR) is 93.2 cm³/mol. The maximum Gasteiger partial charge on any atom is 0.240 e. The lowest BCUT2D eigenvalue weighted by Crippen LogP contribution is -2.33. The summed E-state index contributed by atoms with van der Waals surface area (Å²) < 4.78 is 27.7. The molecule has 0 unspecified atom stereocenters. The van der Waals surface area contributed by atoms with Gasteiger partial charge < -0.3 is 4.90 Å². The molecule has 0 bridgehead atoms. The Morgan fingerprint density at radius 1 is 0.957 bits per heavy atom. The zero-order chi connectivity index (χ0) is 16.1. The van der Waals surface area contributed by atoms with E-state index in [0.29, 0.717) is 11.4 Å². The van der Waals surface area contributed by atoms with Crippen LogP contribution in [0.2, 0.25) is 0 Å². The molecule has 0 radical (unpaired) electrons. The zero-order valence-corrected chi connectivity index (χ0v) is 14.7. The number of nitrogens with one attached hydrogen (secondary N) is 1. The molecule has 1 heterocycles. The Morgan fingerprint density at radius 2 is 1.70 bits per heavy atom. The first-order valence-electron chi connectivity index (χ1n) is 8.99. The molecule has 23 heavy (non-hydrogen) atoms. The van der Waals surface area contributed by atoms with Gasteiger partial charge in [0.1, 0.15) is 0 Å². The molecule has 3 rings (SSSR count). The van der Waals surface area contributed by atoms with Gasteiger partial charge in [-0.05, 0) is 87.8 Å². The van der Waals surface area contributed by atoms with Crippen LogP contribution in [0.25, 0.3) is 0 Å². The molecule has 0 amide bonds. The first-order chi connectivity index (χ1) is 11.1. The summed E-state index contributed by atoms with van der Waals surface area (Å²) in [6.45, 7) is 3.85. The maximum atomic E-state index is 12.4. The van der Waals surface area contributed by atoms with Gasteiger partial charge in [-0.15, -0.1) is 0 Å². The minimum absolute atomic E-state index is 0.427. The molecule has 2 aliphatic rings. The topological polar surface area (TPSA) is 49.4 Å². The van der Waals surface area contributed by atoms with Crippen molar-refractivity contribution in [2.45, 2.75) is 56.3 Å². The van der Waals surface area contributed by atoms with E-state index in [1.54, 1.807) is 6.07 Å². The summed E-state index contributed by atoms with van der Waals surface area (Å²) in [6.07, 6.45) is 9.24. The third-order valence-electron chi connectivity index (χ3n) is 5.02. The Balaban J connectivity index is 1.52. The number of fused-ring (bicyclic) bond motifs is 1. The predicted octanol–water partition coefficient (Wildman–Crippen LogP) is 2.72. The van der Waals surface area contributed by atoms with Crippen LogP contribution in [0.3, 0.4) is 0 Å². The lowest BCUT2D eigenvalue weighted by Gasteiger charge is -2.26. The highest BCUT2D eigenvalue weighted by Gasteiger charge is 2.17. The fraction of sp³-hybridized carbons (Fsp3) is 0.667. The zero-order valence-electron chi connectivity index (χ0n) is 13.9. The molecule has 128 valence electrons. The summed E-state index contributed by atoms with van der Waals surface area (Å²) in [5, 5.41) is 0. The summed E-state index contributed by atoms with van der Waals surface area (Å²) >= 11 is 0. The summed E-state index contributed by atoms with van der Waals surface area (Å²) in [6, 6.07) is 5.63. The van der Waals surface area contributed by atoms with E-state index in [9.17, 15) is 8.42 Å². The number of piperidine rings is 1. The Hall–Kier alpha value is -0.910. The molecule has 1 aliphatic heterocycles. The van der Waals surface area contributed by atoms with Crippen LogP contribution in [-0.2, 0) is 22.9 Å². The number of aryl methyl sites for hydroxylation is 2. The third-order valence-corrected chi connectivity index (χ3v) is 6.48. The second kappa shape index (κ2) is 7.77. The van der Waals surface area contributed by atoms with Gasteiger partial charge in [0.2, 0.25) is 10.0 Å². The van der Waals surface area contributed by atoms with Crippen molar-refractivity contribution in [2.24, 2.45) is 0 Å². The van der Waals surface area contributed by atoms with Crippen molar-refractivity contribution in [2.75, 3.05) is 26.2 Å². The van der Waals surface area contributed by atoms with Gasteiger partial charge in [0.15, 0.2) is 0 Å². The molecule has 0 saturated carbocycles. The van der Waals surface area contributed by atoms with Gasteiger partial charge in [-0.25, -0.2) is 13.1 Å². The molecule has 0 atom stereocenters. The van der Waals surface area contributed by atoms with Crippen LogP contribution in [-0.4, -0.2) is 39.5 Å². The number of likely N-dealkylation sites (tertiary alicyclic amines) is 1. The fourth-order valence-corrected chi connectivity index (χ4v) is 4.78. The Bertz CT molecular complexity index is 622. The highest BCUT2D eigenvalue weighted by atomic mass is 32.2. The van der Waals surface area contributed by atoms with E-state index in [4.69, 9.17) is 0 Å². The molecule has 1 fully saturated rings. The number of sulfonamides is 1. The van der Waals surface area contributed by atoms with Crippen molar-refractivity contribution in [3.05, 3.63) is 29.3 Å². The van der Waals surface area contributed by atoms with Gasteiger partial charge in [-0.3, -0.25) is 0 Å². The van der Waals surface area contributed by atoms with E-state index < -0.39 is 10.0 Å². The van der Waals surface area contributed by atoms with Gasteiger partial charge >= 0.3 is 0 Å². The summed E-state index contributed by atoms with van der Waals surface area (Å²) in [5.41, 5.74) is 2.53. The lowest BCUT2D eigenvalue weighted by atomic mass is 9.92. The summed E-state index contributed by atoms with van der Waals surface area (Å²) in [4.78, 5) is 2.87. The van der Waals surface area contributed by atoms with E-state index in [0.717, 1.165) is 38.9 Å². The lowest BCUT2D eigenvalue weighted by molar-refractivity contribution is 0.227. The number of hydrogen-bond acceptors (Lipinski definition) is 3. The largest absolute Gasteiger partial charge is 0.303 e. The van der Waals surface area contributed by atoms with Crippen molar-refractivity contribution in [3.8, 4) is 0 Å². The second-order valence-corrected chi connectivity index (χ2v) is 8.56. The van der Waals surface area contributed by atoms with Gasteiger partial charge in [-0.1, -0.05) is 12.5 Å². The molecule has 1 saturated heterocycles. The second-order valence-electron chi connectivity index (χ2n) is 6.79. The molecule has 1 aliphatic carbocycles. The van der Waals surface area contributed by atoms with Crippen LogP contribution >= 0.6 is 0 Å². The van der Waals surface area contributed by atoms with Gasteiger partial charge in [0.25, 0.3) is 0 Å². The Morgan fingerprint density at radius 3 is 2.48 bits per heavy atom. The summed E-state index contributed by atoms with van der Waals surface area (Å²) in [5.74, 6) is 0. The molecule has 0 spiro atoms. The van der Waals surface area contributed by atoms with Crippen molar-refractivity contribution in [3.63, 3.8) is 0 Å². The number of rotatable bonds is 6. The first-order valence-corrected chi connectivity index (χ1v) is 10.5. The normalized spacial score (nSPS) is 19.5. The first kappa shape index (κ1) is 16.9. The molecular weight excluding hydrogens is 308 g/mol. The minimum Gasteiger partial charge on any atom is -0.303 e. The van der Waals surface area contributed by atoms with Crippen LogP contribution in [0.1, 0.15) is 49.7 Å². The summed E-state index contributed by atoms with van der Waals surface area (Å²) in [7, 11) is -3.37. The van der Waals surface area contributed by atoms with Crippen LogP contribution in [0.4, 0.5) is 0 Å². The van der Waals surface area contributed by atoms with Gasteiger partial charge in [-0.2, -0.15) is 0 Å². The maximum absolute atomic E-state index is 12.4. The SMILES string of the molecule is O=S(=O)(NCCCN1CCCCC1)c1ccc2c(c1)CCCC2. The smallest absolute Gasteiger partial charge is 0.240 e. The standard InChI is InChI=1S/C18H28N2O2S/c21-23(22,19-11-6-14-20-12-4-1-5-13-20)18-10-9-16-7-2-3-8-17(16)15-18/h9-10,15,19H,1-8,11-14H2. The van der Waals surface area contributed by atoms with Crippen molar-refractivity contribution in [1.29, 1.82) is 0 Å². The Kier molecular flexibility index (Phi) is 5.72. The number of nitrogens with zero attached hydrogens (tertiary/aromatic N) is 1. The van der Waals surface area contributed by atoms with Crippen molar-refractivity contribution >= 4 is 10.0 Å². The van der Waals surface area contributed by atoms with E-state index in [2.05, 4.69) is 9.62 Å². The van der Waals surface area contributed by atoms with Gasteiger partial charge in [0.05, 0.1) is 4.90 Å². The van der Waals surface area contributed by atoms with Crippen LogP contribution in [0.5, 0.6) is 0 Å². The average Bonchev–Trinajstić information content (AvgIpc) is 2.59. The monoisotopic (exact) mass is 336 g/mol. The highest BCUT2D eigenvalue weighted by molar-refractivity contribution is 7.89. The van der Waals surface area contributed by atoms with E-state index in [1.807, 2.05) is 12.1 Å². The quantitative estimate of drug-likeness (QED) is 0.813. The molecule has 1 aromatic carbocycles. The van der Waals surface area contributed by atoms with Crippen LogP contribution < -0.4 is 4.72 Å². The molecule has 1 aromatic rings.